The molecule has 0 unspecified atom stereocenters. The Balaban J connectivity index is 2.89. The van der Waals surface area contributed by atoms with Crippen molar-refractivity contribution >= 4 is 5.84 Å². The number of piperazine rings is 1. The molecule has 1 rings (SSSR count). The second-order valence-electron chi connectivity index (χ2n) is 3.95. The number of hydrogen-bond acceptors (Lipinski definition) is 3. The summed E-state index contributed by atoms with van der Waals surface area (Å²) in [4.78, 5) is 6.89. The summed E-state index contributed by atoms with van der Waals surface area (Å²) in [7, 11) is 1.95. The minimum absolute atomic E-state index is 1.01. The molecule has 0 aromatic rings. The Hall–Kier alpha value is -1.29. The van der Waals surface area contributed by atoms with Crippen molar-refractivity contribution in [1.29, 1.82) is 0 Å². The number of hydrogen-bond donors (Lipinski definition) is 2. The van der Waals surface area contributed by atoms with Crippen LogP contribution in [0.3, 0.4) is 0 Å². The van der Waals surface area contributed by atoms with Gasteiger partial charge in [0.05, 0.1) is 5.70 Å². The van der Waals surface area contributed by atoms with E-state index in [2.05, 4.69) is 33.5 Å². The van der Waals surface area contributed by atoms with Crippen LogP contribution in [0, 0.1) is 0 Å². The third kappa shape index (κ3) is 4.23. The Morgan fingerprint density at radius 1 is 1.41 bits per heavy atom. The standard InChI is InChI=1S/C13H24N4/c1-4-6-12(14-3)13(16-7-5-2)17-10-8-15-9-11-17/h5-7,14-15H,4,8-11H2,1-3H3/b7-5-,12-6-,16-13-. The fourth-order valence-corrected chi connectivity index (χ4v) is 1.85. The van der Waals surface area contributed by atoms with E-state index in [1.807, 2.05) is 26.2 Å². The molecule has 0 aromatic carbocycles. The highest BCUT2D eigenvalue weighted by Gasteiger charge is 2.16. The molecule has 1 fully saturated rings. The third-order valence-corrected chi connectivity index (χ3v) is 2.68. The summed E-state index contributed by atoms with van der Waals surface area (Å²) in [5.74, 6) is 1.05. The lowest BCUT2D eigenvalue weighted by Gasteiger charge is -2.31. The Morgan fingerprint density at radius 3 is 2.65 bits per heavy atom. The van der Waals surface area contributed by atoms with E-state index in [1.54, 1.807) is 0 Å². The highest BCUT2D eigenvalue weighted by Crippen LogP contribution is 2.05. The van der Waals surface area contributed by atoms with Crippen LogP contribution >= 0.6 is 0 Å². The molecule has 0 saturated carbocycles. The first-order valence-electron chi connectivity index (χ1n) is 6.36. The van der Waals surface area contributed by atoms with Gasteiger partial charge >= 0.3 is 0 Å². The number of nitrogens with zero attached hydrogens (tertiary/aromatic N) is 2. The number of allylic oxidation sites excluding steroid dienone is 2. The van der Waals surface area contributed by atoms with Gasteiger partial charge in [-0.3, -0.25) is 0 Å². The van der Waals surface area contributed by atoms with E-state index in [4.69, 9.17) is 0 Å². The van der Waals surface area contributed by atoms with Gasteiger partial charge in [-0.25, -0.2) is 4.99 Å². The minimum Gasteiger partial charge on any atom is -0.385 e. The predicted octanol–water partition coefficient (Wildman–Crippen LogP) is 1.34. The van der Waals surface area contributed by atoms with Gasteiger partial charge in [-0.05, 0) is 13.3 Å². The Labute approximate surface area is 104 Å². The zero-order chi connectivity index (χ0) is 12.5. The molecule has 4 heteroatoms. The van der Waals surface area contributed by atoms with E-state index in [-0.39, 0.29) is 0 Å². The first-order valence-corrected chi connectivity index (χ1v) is 6.36. The summed E-state index contributed by atoms with van der Waals surface area (Å²) in [6.45, 7) is 8.21. The van der Waals surface area contributed by atoms with Crippen molar-refractivity contribution in [3.05, 3.63) is 24.0 Å². The molecule has 0 amide bonds. The first-order chi connectivity index (χ1) is 8.33. The Kier molecular flexibility index (Phi) is 6.40. The van der Waals surface area contributed by atoms with Gasteiger partial charge in [-0.1, -0.05) is 19.1 Å². The quantitative estimate of drug-likeness (QED) is 0.571. The molecule has 0 aliphatic carbocycles. The van der Waals surface area contributed by atoms with Crippen molar-refractivity contribution in [3.8, 4) is 0 Å². The van der Waals surface area contributed by atoms with Gasteiger partial charge in [-0.15, -0.1) is 0 Å². The molecule has 0 radical (unpaired) electrons. The van der Waals surface area contributed by atoms with E-state index in [9.17, 15) is 0 Å². The average Bonchev–Trinajstić information content (AvgIpc) is 2.39. The van der Waals surface area contributed by atoms with Crippen LogP contribution in [0.15, 0.2) is 29.0 Å². The Morgan fingerprint density at radius 2 is 2.12 bits per heavy atom. The summed E-state index contributed by atoms with van der Waals surface area (Å²) in [5, 5.41) is 6.60. The lowest BCUT2D eigenvalue weighted by atomic mass is 10.2. The van der Waals surface area contributed by atoms with Crippen molar-refractivity contribution < 1.29 is 0 Å². The van der Waals surface area contributed by atoms with Gasteiger partial charge in [0, 0.05) is 39.4 Å². The van der Waals surface area contributed by atoms with Crippen LogP contribution in [0.25, 0.3) is 0 Å². The SMILES string of the molecule is C\C=C/N=C(/C(=C/CC)NC)N1CCNCC1. The summed E-state index contributed by atoms with van der Waals surface area (Å²) < 4.78 is 0. The summed E-state index contributed by atoms with van der Waals surface area (Å²) in [6, 6.07) is 0. The molecule has 96 valence electrons. The summed E-state index contributed by atoms with van der Waals surface area (Å²) >= 11 is 0. The maximum atomic E-state index is 4.56. The molecule has 0 atom stereocenters. The first kappa shape index (κ1) is 13.8. The van der Waals surface area contributed by atoms with Gasteiger partial charge in [0.15, 0.2) is 5.84 Å². The van der Waals surface area contributed by atoms with Gasteiger partial charge < -0.3 is 15.5 Å². The summed E-state index contributed by atoms with van der Waals surface area (Å²) in [5.41, 5.74) is 1.12. The van der Waals surface area contributed by atoms with Crippen LogP contribution in [0.4, 0.5) is 0 Å². The molecular formula is C13H24N4. The zero-order valence-electron chi connectivity index (χ0n) is 11.2. The average molecular weight is 236 g/mol. The van der Waals surface area contributed by atoms with Gasteiger partial charge in [0.2, 0.25) is 0 Å². The highest BCUT2D eigenvalue weighted by molar-refractivity contribution is 5.98. The number of likely N-dealkylation sites (N-methyl/N-ethyl adjacent to an activating group) is 1. The topological polar surface area (TPSA) is 39.7 Å². The largest absolute Gasteiger partial charge is 0.385 e. The number of rotatable bonds is 4. The second kappa shape index (κ2) is 7.90. The highest BCUT2D eigenvalue weighted by atomic mass is 15.2. The van der Waals surface area contributed by atoms with Crippen molar-refractivity contribution in [3.63, 3.8) is 0 Å². The van der Waals surface area contributed by atoms with E-state index in [0.717, 1.165) is 44.1 Å². The number of nitrogens with one attached hydrogen (secondary N) is 2. The van der Waals surface area contributed by atoms with Crippen LogP contribution in [-0.4, -0.2) is 44.0 Å². The van der Waals surface area contributed by atoms with E-state index < -0.39 is 0 Å². The third-order valence-electron chi connectivity index (χ3n) is 2.68. The minimum atomic E-state index is 1.01. The lowest BCUT2D eigenvalue weighted by Crippen LogP contribution is -2.48. The molecule has 17 heavy (non-hydrogen) atoms. The molecule has 0 aromatic heterocycles. The van der Waals surface area contributed by atoms with Gasteiger partial charge in [0.1, 0.15) is 0 Å². The zero-order valence-corrected chi connectivity index (χ0v) is 11.2. The van der Waals surface area contributed by atoms with Gasteiger partial charge in [-0.2, -0.15) is 0 Å². The fraction of sp³-hybridized carbons (Fsp3) is 0.615. The van der Waals surface area contributed by atoms with Crippen molar-refractivity contribution in [1.82, 2.24) is 15.5 Å². The van der Waals surface area contributed by atoms with Crippen molar-refractivity contribution in [2.45, 2.75) is 20.3 Å². The molecule has 0 spiro atoms. The smallest absolute Gasteiger partial charge is 0.151 e. The molecule has 1 saturated heterocycles. The van der Waals surface area contributed by atoms with Crippen LogP contribution in [0.1, 0.15) is 20.3 Å². The van der Waals surface area contributed by atoms with E-state index >= 15 is 0 Å². The monoisotopic (exact) mass is 236 g/mol. The van der Waals surface area contributed by atoms with Crippen molar-refractivity contribution in [2.24, 2.45) is 4.99 Å². The molecule has 2 N–H and O–H groups in total. The van der Waals surface area contributed by atoms with E-state index in [1.165, 1.54) is 0 Å². The molecule has 1 heterocycles. The predicted molar refractivity (Wildman–Crippen MR) is 74.1 cm³/mol. The molecule has 1 aliphatic heterocycles. The maximum Gasteiger partial charge on any atom is 0.151 e. The molecule has 1 aliphatic rings. The van der Waals surface area contributed by atoms with E-state index in [0.29, 0.717) is 0 Å². The second-order valence-corrected chi connectivity index (χ2v) is 3.95. The molecule has 4 nitrogen and oxygen atoms in total. The normalized spacial score (nSPS) is 18.9. The number of aliphatic imine (C=N–C) groups is 1. The Bertz CT molecular complexity index is 299. The fourth-order valence-electron chi connectivity index (χ4n) is 1.85. The van der Waals surface area contributed by atoms with Crippen LogP contribution in [-0.2, 0) is 0 Å². The lowest BCUT2D eigenvalue weighted by molar-refractivity contribution is 0.356. The van der Waals surface area contributed by atoms with Crippen LogP contribution in [0.5, 0.6) is 0 Å². The van der Waals surface area contributed by atoms with Crippen molar-refractivity contribution in [2.75, 3.05) is 33.2 Å². The number of amidine groups is 1. The molecular weight excluding hydrogens is 212 g/mol. The maximum absolute atomic E-state index is 4.56. The van der Waals surface area contributed by atoms with Crippen LogP contribution < -0.4 is 10.6 Å². The van der Waals surface area contributed by atoms with Gasteiger partial charge in [0.25, 0.3) is 0 Å². The van der Waals surface area contributed by atoms with Crippen LogP contribution in [0.2, 0.25) is 0 Å². The molecule has 0 bridgehead atoms. The summed E-state index contributed by atoms with van der Waals surface area (Å²) in [6.07, 6.45) is 7.02.